The number of fused-ring (bicyclic) bond motifs is 1. The Hall–Kier alpha value is -4.55. The number of aromatic amines is 1. The van der Waals surface area contributed by atoms with E-state index in [4.69, 9.17) is 9.47 Å². The number of nitriles is 1. The zero-order valence-electron chi connectivity index (χ0n) is 21.5. The van der Waals surface area contributed by atoms with Gasteiger partial charge in [-0.1, -0.05) is 35.9 Å². The molecule has 0 bridgehead atoms. The highest BCUT2D eigenvalue weighted by atomic mass is 79.9. The standard InChI is InChI=1S/C30H27BrN4O4/c1-19-7-9-23(10-8-19)35-28(36)18-39-29-25(31)14-20(15-27(29)38-2)13-22(16-32)30(37)33-12-11-21-17-34-26-6-4-3-5-24(21)26/h3-10,13-15,17,34H,11-12,18H2,1-2H3,(H,33,37)(H,35,36)/b22-13-. The molecule has 2 amide bonds. The molecular formula is C30H27BrN4O4. The first-order valence-corrected chi connectivity index (χ1v) is 13.0. The molecule has 1 heterocycles. The Bertz CT molecular complexity index is 1570. The Balaban J connectivity index is 1.39. The summed E-state index contributed by atoms with van der Waals surface area (Å²) >= 11 is 3.44. The number of aromatic nitrogens is 1. The van der Waals surface area contributed by atoms with Crippen molar-refractivity contribution in [2.75, 3.05) is 25.6 Å². The third kappa shape index (κ3) is 7.06. The lowest BCUT2D eigenvalue weighted by Crippen LogP contribution is -2.26. The van der Waals surface area contributed by atoms with Crippen LogP contribution in [-0.2, 0) is 16.0 Å². The third-order valence-corrected chi connectivity index (χ3v) is 6.55. The molecule has 0 aliphatic carbocycles. The topological polar surface area (TPSA) is 116 Å². The molecular weight excluding hydrogens is 560 g/mol. The van der Waals surface area contributed by atoms with E-state index in [1.54, 1.807) is 12.1 Å². The number of nitrogens with zero attached hydrogens (tertiary/aromatic N) is 1. The van der Waals surface area contributed by atoms with E-state index in [9.17, 15) is 14.9 Å². The molecule has 3 N–H and O–H groups in total. The van der Waals surface area contributed by atoms with Gasteiger partial charge in [-0.3, -0.25) is 9.59 Å². The number of benzene rings is 3. The van der Waals surface area contributed by atoms with E-state index in [-0.39, 0.29) is 18.1 Å². The molecule has 9 heteroatoms. The second-order valence-corrected chi connectivity index (χ2v) is 9.63. The van der Waals surface area contributed by atoms with E-state index in [0.29, 0.717) is 40.2 Å². The number of amides is 2. The van der Waals surface area contributed by atoms with Crippen LogP contribution < -0.4 is 20.1 Å². The fraction of sp³-hybridized carbons (Fsp3) is 0.167. The van der Waals surface area contributed by atoms with Crippen LogP contribution in [0.4, 0.5) is 5.69 Å². The summed E-state index contributed by atoms with van der Waals surface area (Å²) in [4.78, 5) is 28.3. The van der Waals surface area contributed by atoms with Crippen LogP contribution in [0.1, 0.15) is 16.7 Å². The van der Waals surface area contributed by atoms with Gasteiger partial charge in [0.2, 0.25) is 0 Å². The lowest BCUT2D eigenvalue weighted by Gasteiger charge is -2.14. The number of hydrogen-bond donors (Lipinski definition) is 3. The minimum Gasteiger partial charge on any atom is -0.493 e. The molecule has 0 radical (unpaired) electrons. The van der Waals surface area contributed by atoms with Crippen LogP contribution in [0.25, 0.3) is 17.0 Å². The Labute approximate surface area is 234 Å². The van der Waals surface area contributed by atoms with Crippen molar-refractivity contribution in [3.8, 4) is 17.6 Å². The van der Waals surface area contributed by atoms with Crippen molar-refractivity contribution in [3.63, 3.8) is 0 Å². The molecule has 0 saturated heterocycles. The number of halogens is 1. The highest BCUT2D eigenvalue weighted by Gasteiger charge is 2.15. The number of ether oxygens (including phenoxy) is 2. The van der Waals surface area contributed by atoms with Crippen LogP contribution in [0.3, 0.4) is 0 Å². The fourth-order valence-corrected chi connectivity index (χ4v) is 4.57. The van der Waals surface area contributed by atoms with E-state index in [2.05, 4.69) is 31.5 Å². The first-order chi connectivity index (χ1) is 18.9. The first-order valence-electron chi connectivity index (χ1n) is 12.2. The van der Waals surface area contributed by atoms with Gasteiger partial charge in [-0.2, -0.15) is 5.26 Å². The normalized spacial score (nSPS) is 11.1. The summed E-state index contributed by atoms with van der Waals surface area (Å²) in [5, 5.41) is 16.3. The minimum atomic E-state index is -0.472. The van der Waals surface area contributed by atoms with E-state index in [0.717, 1.165) is 22.0 Å². The molecule has 198 valence electrons. The molecule has 0 aliphatic rings. The number of aryl methyl sites for hydroxylation is 1. The molecule has 0 saturated carbocycles. The maximum atomic E-state index is 12.7. The predicted octanol–water partition coefficient (Wildman–Crippen LogP) is 5.53. The van der Waals surface area contributed by atoms with E-state index < -0.39 is 5.91 Å². The number of hydrogen-bond acceptors (Lipinski definition) is 5. The molecule has 0 atom stereocenters. The number of nitrogens with one attached hydrogen (secondary N) is 3. The monoisotopic (exact) mass is 586 g/mol. The molecule has 0 aliphatic heterocycles. The predicted molar refractivity (Wildman–Crippen MR) is 155 cm³/mol. The number of carbonyl (C=O) groups is 2. The van der Waals surface area contributed by atoms with Crippen molar-refractivity contribution in [1.29, 1.82) is 5.26 Å². The molecule has 1 aromatic heterocycles. The Morgan fingerprint density at radius 1 is 1.13 bits per heavy atom. The highest BCUT2D eigenvalue weighted by Crippen LogP contribution is 2.37. The lowest BCUT2D eigenvalue weighted by atomic mass is 10.1. The lowest BCUT2D eigenvalue weighted by molar-refractivity contribution is -0.118. The summed E-state index contributed by atoms with van der Waals surface area (Å²) < 4.78 is 11.7. The van der Waals surface area contributed by atoms with Crippen molar-refractivity contribution in [1.82, 2.24) is 10.3 Å². The zero-order valence-corrected chi connectivity index (χ0v) is 23.1. The van der Waals surface area contributed by atoms with Crippen LogP contribution in [0, 0.1) is 18.3 Å². The van der Waals surface area contributed by atoms with Crippen molar-refractivity contribution in [3.05, 3.63) is 93.6 Å². The number of H-pyrrole nitrogens is 1. The van der Waals surface area contributed by atoms with Crippen LogP contribution in [0.5, 0.6) is 11.5 Å². The number of carbonyl (C=O) groups excluding carboxylic acids is 2. The van der Waals surface area contributed by atoms with Crippen molar-refractivity contribution in [2.24, 2.45) is 0 Å². The van der Waals surface area contributed by atoms with Crippen LogP contribution >= 0.6 is 15.9 Å². The summed E-state index contributed by atoms with van der Waals surface area (Å²) in [6.45, 7) is 2.11. The van der Waals surface area contributed by atoms with Gasteiger partial charge in [-0.15, -0.1) is 0 Å². The largest absolute Gasteiger partial charge is 0.493 e. The molecule has 0 fully saturated rings. The smallest absolute Gasteiger partial charge is 0.262 e. The maximum Gasteiger partial charge on any atom is 0.262 e. The van der Waals surface area contributed by atoms with Gasteiger partial charge < -0.3 is 25.1 Å². The van der Waals surface area contributed by atoms with Gasteiger partial charge in [-0.05, 0) is 76.8 Å². The molecule has 0 spiro atoms. The van der Waals surface area contributed by atoms with Gasteiger partial charge in [0.05, 0.1) is 11.6 Å². The van der Waals surface area contributed by atoms with Crippen molar-refractivity contribution >= 4 is 50.4 Å². The van der Waals surface area contributed by atoms with Gasteiger partial charge in [0, 0.05) is 29.3 Å². The average molecular weight is 587 g/mol. The number of para-hydroxylation sites is 1. The van der Waals surface area contributed by atoms with Crippen molar-refractivity contribution in [2.45, 2.75) is 13.3 Å². The van der Waals surface area contributed by atoms with Gasteiger partial charge >= 0.3 is 0 Å². The molecule has 3 aromatic carbocycles. The van der Waals surface area contributed by atoms with Gasteiger partial charge in [0.1, 0.15) is 11.6 Å². The van der Waals surface area contributed by atoms with Gasteiger partial charge in [-0.25, -0.2) is 0 Å². The third-order valence-electron chi connectivity index (χ3n) is 5.97. The summed E-state index contributed by atoms with van der Waals surface area (Å²) in [5.74, 6) is -0.125. The van der Waals surface area contributed by atoms with Crippen LogP contribution in [0.15, 0.2) is 76.9 Å². The molecule has 39 heavy (non-hydrogen) atoms. The quantitative estimate of drug-likeness (QED) is 0.167. The number of rotatable bonds is 10. The minimum absolute atomic E-state index is 0.0472. The van der Waals surface area contributed by atoms with E-state index >= 15 is 0 Å². The summed E-state index contributed by atoms with van der Waals surface area (Å²) in [6.07, 6.45) is 4.02. The van der Waals surface area contributed by atoms with Gasteiger partial charge in [0.25, 0.3) is 11.8 Å². The van der Waals surface area contributed by atoms with Crippen molar-refractivity contribution < 1.29 is 19.1 Å². The Kier molecular flexibility index (Phi) is 9.02. The summed E-state index contributed by atoms with van der Waals surface area (Å²) in [7, 11) is 1.47. The van der Waals surface area contributed by atoms with Gasteiger partial charge in [0.15, 0.2) is 18.1 Å². The number of methoxy groups -OCH3 is 1. The molecule has 8 nitrogen and oxygen atoms in total. The molecule has 0 unspecified atom stereocenters. The fourth-order valence-electron chi connectivity index (χ4n) is 3.99. The SMILES string of the molecule is COc1cc(/C=C(/C#N)C(=O)NCCc2c[nH]c3ccccc23)cc(Br)c1OCC(=O)Nc1ccc(C)cc1. The Morgan fingerprint density at radius 3 is 2.64 bits per heavy atom. The Morgan fingerprint density at radius 2 is 1.90 bits per heavy atom. The first kappa shape index (κ1) is 27.5. The van der Waals surface area contributed by atoms with E-state index in [1.807, 2.05) is 67.7 Å². The highest BCUT2D eigenvalue weighted by molar-refractivity contribution is 9.10. The summed E-state index contributed by atoms with van der Waals surface area (Å²) in [5.41, 5.74) is 4.40. The average Bonchev–Trinajstić information content (AvgIpc) is 3.35. The molecule has 4 aromatic rings. The summed E-state index contributed by atoms with van der Waals surface area (Å²) in [6, 6.07) is 20.7. The van der Waals surface area contributed by atoms with Crippen LogP contribution in [-0.4, -0.2) is 37.1 Å². The van der Waals surface area contributed by atoms with E-state index in [1.165, 1.54) is 13.2 Å². The van der Waals surface area contributed by atoms with Crippen LogP contribution in [0.2, 0.25) is 0 Å². The number of anilines is 1. The second-order valence-electron chi connectivity index (χ2n) is 8.77. The maximum absolute atomic E-state index is 12.7. The second kappa shape index (κ2) is 12.8. The zero-order chi connectivity index (χ0) is 27.8. The molecule has 4 rings (SSSR count).